The number of hydrogen-bond acceptors (Lipinski definition) is 4. The molecule has 4 saturated carbocycles. The number of carbonyl (C=O) groups is 2. The van der Waals surface area contributed by atoms with Gasteiger partial charge in [-0.3, -0.25) is 0 Å². The highest BCUT2D eigenvalue weighted by atomic mass is 19.1. The number of likely N-dealkylation sites (tertiary alicyclic amines) is 1. The molecule has 0 aromatic heterocycles. The molecule has 4 bridgehead atoms. The van der Waals surface area contributed by atoms with Crippen molar-refractivity contribution in [2.24, 2.45) is 29.1 Å². The van der Waals surface area contributed by atoms with Crippen LogP contribution in [-0.2, 0) is 4.74 Å². The summed E-state index contributed by atoms with van der Waals surface area (Å²) in [6, 6.07) is 6.48. The maximum absolute atomic E-state index is 14.2. The lowest BCUT2D eigenvalue weighted by Crippen LogP contribution is -2.54. The van der Waals surface area contributed by atoms with Gasteiger partial charge >= 0.3 is 12.1 Å². The van der Waals surface area contributed by atoms with Gasteiger partial charge in [0.25, 0.3) is 0 Å². The zero-order valence-electron chi connectivity index (χ0n) is 24.1. The van der Waals surface area contributed by atoms with Crippen LogP contribution in [0.25, 0.3) is 0 Å². The van der Waals surface area contributed by atoms with Gasteiger partial charge in [0.1, 0.15) is 5.82 Å². The van der Waals surface area contributed by atoms with Gasteiger partial charge in [-0.1, -0.05) is 12.1 Å². The first-order valence-corrected chi connectivity index (χ1v) is 15.2. The summed E-state index contributed by atoms with van der Waals surface area (Å²) in [5.41, 5.74) is 1.10. The van der Waals surface area contributed by atoms with E-state index in [2.05, 4.69) is 10.6 Å². The van der Waals surface area contributed by atoms with Crippen molar-refractivity contribution in [3.63, 3.8) is 0 Å². The predicted molar refractivity (Wildman–Crippen MR) is 152 cm³/mol. The summed E-state index contributed by atoms with van der Waals surface area (Å²) < 4.78 is 20.4. The fourth-order valence-corrected chi connectivity index (χ4v) is 8.79. The highest BCUT2D eigenvalue weighted by Gasteiger charge is 2.51. The topological polar surface area (TPSA) is 94.1 Å². The molecule has 40 heavy (non-hydrogen) atoms. The van der Waals surface area contributed by atoms with Crippen LogP contribution in [0.15, 0.2) is 24.3 Å². The number of carboxylic acid groups (broad SMARTS) is 1. The monoisotopic (exact) mass is 558 g/mol. The molecule has 1 aliphatic heterocycles. The molecule has 1 aromatic rings. The number of benzene rings is 1. The van der Waals surface area contributed by atoms with E-state index in [4.69, 9.17) is 4.74 Å². The van der Waals surface area contributed by atoms with E-state index in [9.17, 15) is 19.1 Å². The lowest BCUT2D eigenvalue weighted by Gasteiger charge is -2.57. The third-order valence-electron chi connectivity index (χ3n) is 10.0. The molecule has 3 amide bonds. The Labute approximate surface area is 238 Å². The third-order valence-corrected chi connectivity index (χ3v) is 10.0. The summed E-state index contributed by atoms with van der Waals surface area (Å²) in [5, 5.41) is 15.9. The van der Waals surface area contributed by atoms with Crippen LogP contribution < -0.4 is 10.6 Å². The Hall–Kier alpha value is -2.39. The van der Waals surface area contributed by atoms with E-state index < -0.39 is 12.2 Å². The van der Waals surface area contributed by atoms with E-state index in [1.165, 1.54) is 62.6 Å². The molecule has 3 atom stereocenters. The van der Waals surface area contributed by atoms with E-state index in [1.807, 2.05) is 18.0 Å². The molecule has 0 unspecified atom stereocenters. The number of urea groups is 1. The van der Waals surface area contributed by atoms with Crippen molar-refractivity contribution < 1.29 is 23.8 Å². The average molecular weight is 559 g/mol. The molecule has 1 heterocycles. The van der Waals surface area contributed by atoms with Gasteiger partial charge in [0.2, 0.25) is 0 Å². The molecule has 222 valence electrons. The molecule has 8 nitrogen and oxygen atoms in total. The summed E-state index contributed by atoms with van der Waals surface area (Å²) >= 11 is 0. The third kappa shape index (κ3) is 6.90. The Morgan fingerprint density at radius 2 is 1.90 bits per heavy atom. The summed E-state index contributed by atoms with van der Waals surface area (Å²) in [6.07, 6.45) is 9.52. The Bertz CT molecular complexity index is 1000. The van der Waals surface area contributed by atoms with Crippen LogP contribution in [-0.4, -0.2) is 80.0 Å². The molecule has 6 rings (SSSR count). The smallest absolute Gasteiger partial charge is 0.407 e. The van der Waals surface area contributed by atoms with E-state index in [0.29, 0.717) is 18.5 Å². The number of ether oxygens (including phenoxy) is 1. The first kappa shape index (κ1) is 29.1. The van der Waals surface area contributed by atoms with Crippen molar-refractivity contribution in [1.82, 2.24) is 20.4 Å². The number of nitrogens with zero attached hydrogens (tertiary/aromatic N) is 2. The second kappa shape index (κ2) is 12.6. The number of nitrogens with one attached hydrogen (secondary N) is 2. The van der Waals surface area contributed by atoms with Gasteiger partial charge in [-0.15, -0.1) is 0 Å². The van der Waals surface area contributed by atoms with Gasteiger partial charge in [-0.25, -0.2) is 14.0 Å². The zero-order valence-corrected chi connectivity index (χ0v) is 24.1. The number of hydrogen-bond donors (Lipinski definition) is 3. The van der Waals surface area contributed by atoms with Crippen molar-refractivity contribution in [2.75, 3.05) is 46.9 Å². The number of amides is 3. The highest BCUT2D eigenvalue weighted by molar-refractivity contribution is 5.74. The lowest BCUT2D eigenvalue weighted by atomic mass is 9.48. The van der Waals surface area contributed by atoms with Crippen molar-refractivity contribution in [3.05, 3.63) is 35.6 Å². The fourth-order valence-electron chi connectivity index (χ4n) is 8.79. The van der Waals surface area contributed by atoms with Gasteiger partial charge < -0.3 is 30.3 Å². The maximum atomic E-state index is 14.2. The SMILES string of the molecule is CNC[C@H](CC12CC3CC(CC(C3)C1)C2)NC(=O)N1CCC[C@@H]([C@@H](OCCN(C)C(=O)O)c2cccc(F)c2)C1. The number of rotatable bonds is 11. The Morgan fingerprint density at radius 1 is 1.20 bits per heavy atom. The van der Waals surface area contributed by atoms with Gasteiger partial charge in [-0.05, 0) is 106 Å². The van der Waals surface area contributed by atoms with Crippen LogP contribution in [0.4, 0.5) is 14.0 Å². The summed E-state index contributed by atoms with van der Waals surface area (Å²) in [5.74, 6) is 2.31. The van der Waals surface area contributed by atoms with Crippen molar-refractivity contribution in [1.29, 1.82) is 0 Å². The zero-order chi connectivity index (χ0) is 28.3. The quantitative estimate of drug-likeness (QED) is 0.351. The standard InChI is InChI=1S/C31H47FN4O4/c1-33-19-27(18-31-15-21-11-22(16-31)13-23(12-21)17-31)34-29(37)36-8-4-6-25(20-36)28(24-5-3-7-26(32)14-24)40-10-9-35(2)30(38)39/h3,5,7,14,21-23,25,27-28,33H,4,6,8-13,15-20H2,1-2H3,(H,34,37)(H,38,39)/t21?,22?,23?,25-,27+,28+,31?/m1/s1. The van der Waals surface area contributed by atoms with Crippen LogP contribution in [0.2, 0.25) is 0 Å². The predicted octanol–water partition coefficient (Wildman–Crippen LogP) is 5.11. The summed E-state index contributed by atoms with van der Waals surface area (Å²) in [6.45, 7) is 2.38. The highest BCUT2D eigenvalue weighted by Crippen LogP contribution is 2.61. The number of piperidine rings is 1. The van der Waals surface area contributed by atoms with Crippen LogP contribution in [0, 0.1) is 34.9 Å². The molecule has 1 saturated heterocycles. The molecule has 5 aliphatic rings. The molecule has 0 spiro atoms. The van der Waals surface area contributed by atoms with E-state index in [0.717, 1.165) is 49.1 Å². The average Bonchev–Trinajstić information content (AvgIpc) is 2.90. The molecule has 0 radical (unpaired) electrons. The Kier molecular flexibility index (Phi) is 9.20. The lowest BCUT2D eigenvalue weighted by molar-refractivity contribution is -0.0615. The maximum Gasteiger partial charge on any atom is 0.407 e. The van der Waals surface area contributed by atoms with Crippen LogP contribution in [0.5, 0.6) is 0 Å². The molecule has 5 fully saturated rings. The first-order valence-electron chi connectivity index (χ1n) is 15.2. The molecule has 3 N–H and O–H groups in total. The minimum atomic E-state index is -1.02. The Morgan fingerprint density at radius 3 is 2.52 bits per heavy atom. The normalized spacial score (nSPS) is 30.6. The van der Waals surface area contributed by atoms with Crippen molar-refractivity contribution >= 4 is 12.1 Å². The van der Waals surface area contributed by atoms with E-state index >= 15 is 0 Å². The van der Waals surface area contributed by atoms with Gasteiger partial charge in [0, 0.05) is 45.2 Å². The fraction of sp³-hybridized carbons (Fsp3) is 0.742. The van der Waals surface area contributed by atoms with Crippen molar-refractivity contribution in [3.8, 4) is 0 Å². The number of halogens is 1. The molecular formula is C31H47FN4O4. The number of carbonyl (C=O) groups excluding carboxylic acids is 1. The van der Waals surface area contributed by atoms with Crippen LogP contribution in [0.3, 0.4) is 0 Å². The number of likely N-dealkylation sites (N-methyl/N-ethyl adjacent to an activating group) is 2. The van der Waals surface area contributed by atoms with Crippen molar-refractivity contribution in [2.45, 2.75) is 69.9 Å². The Balaban J connectivity index is 1.23. The molecule has 4 aliphatic carbocycles. The minimum absolute atomic E-state index is 0.0117. The second-order valence-electron chi connectivity index (χ2n) is 13.2. The van der Waals surface area contributed by atoms with Crippen LogP contribution in [0.1, 0.15) is 69.5 Å². The largest absolute Gasteiger partial charge is 0.465 e. The first-order chi connectivity index (χ1) is 19.2. The van der Waals surface area contributed by atoms with Gasteiger partial charge in [0.15, 0.2) is 0 Å². The minimum Gasteiger partial charge on any atom is -0.465 e. The van der Waals surface area contributed by atoms with Crippen LogP contribution >= 0.6 is 0 Å². The van der Waals surface area contributed by atoms with Gasteiger partial charge in [0.05, 0.1) is 12.7 Å². The summed E-state index contributed by atoms with van der Waals surface area (Å²) in [7, 11) is 3.46. The van der Waals surface area contributed by atoms with E-state index in [1.54, 1.807) is 6.07 Å². The molecule has 1 aromatic carbocycles. The molecular weight excluding hydrogens is 511 g/mol. The van der Waals surface area contributed by atoms with Gasteiger partial charge in [-0.2, -0.15) is 0 Å². The summed E-state index contributed by atoms with van der Waals surface area (Å²) in [4.78, 5) is 27.9. The second-order valence-corrected chi connectivity index (χ2v) is 13.2. The van der Waals surface area contributed by atoms with E-state index in [-0.39, 0.29) is 37.0 Å². The molecule has 9 heteroatoms.